The van der Waals surface area contributed by atoms with Crippen LogP contribution in [-0.2, 0) is 9.63 Å². The number of nitrogens with one attached hydrogen (secondary N) is 1. The number of guanidine groups is 1. The van der Waals surface area contributed by atoms with Gasteiger partial charge in [0.1, 0.15) is 11.9 Å². The molecule has 3 aliphatic rings. The minimum Gasteiger partial charge on any atom is -0.390 e. The van der Waals surface area contributed by atoms with Gasteiger partial charge in [0.05, 0.1) is 17.9 Å². The second kappa shape index (κ2) is 12.3. The molecule has 39 heavy (non-hydrogen) atoms. The Morgan fingerprint density at radius 3 is 2.69 bits per heavy atom. The van der Waals surface area contributed by atoms with Gasteiger partial charge in [-0.05, 0) is 37.0 Å². The Morgan fingerprint density at radius 1 is 1.15 bits per heavy atom. The van der Waals surface area contributed by atoms with Crippen molar-refractivity contribution in [2.75, 3.05) is 37.6 Å². The summed E-state index contributed by atoms with van der Waals surface area (Å²) in [7, 11) is 0. The van der Waals surface area contributed by atoms with Crippen molar-refractivity contribution < 1.29 is 14.0 Å². The zero-order chi connectivity index (χ0) is 27.2. The van der Waals surface area contributed by atoms with E-state index in [2.05, 4.69) is 44.9 Å². The van der Waals surface area contributed by atoms with Crippen LogP contribution in [0.25, 0.3) is 0 Å². The topological polar surface area (TPSA) is 108 Å². The first-order valence-corrected chi connectivity index (χ1v) is 13.7. The van der Waals surface area contributed by atoms with Crippen molar-refractivity contribution in [3.8, 4) is 0 Å². The van der Waals surface area contributed by atoms with Crippen molar-refractivity contribution in [1.82, 2.24) is 10.2 Å². The highest BCUT2D eigenvalue weighted by Crippen LogP contribution is 2.31. The quantitative estimate of drug-likeness (QED) is 0.335. The predicted octanol–water partition coefficient (Wildman–Crippen LogP) is 3.61. The number of rotatable bonds is 6. The van der Waals surface area contributed by atoms with E-state index < -0.39 is 0 Å². The van der Waals surface area contributed by atoms with Crippen LogP contribution in [0, 0.1) is 5.82 Å². The number of piperazine rings is 1. The number of hydrogen-bond acceptors (Lipinski definition) is 6. The summed E-state index contributed by atoms with van der Waals surface area (Å²) >= 11 is 0. The molecular weight excluding hydrogens is 497 g/mol. The number of carbonyl (C=O) groups is 1. The third-order valence-corrected chi connectivity index (χ3v) is 7.60. The fraction of sp³-hybridized carbons (Fsp3) is 0.448. The van der Waals surface area contributed by atoms with E-state index in [0.717, 1.165) is 25.0 Å². The summed E-state index contributed by atoms with van der Waals surface area (Å²) in [6, 6.07) is 15.6. The zero-order valence-corrected chi connectivity index (χ0v) is 22.4. The lowest BCUT2D eigenvalue weighted by Gasteiger charge is -2.36. The average Bonchev–Trinajstić information content (AvgIpc) is 3.45. The molecule has 0 bridgehead atoms. The highest BCUT2D eigenvalue weighted by Gasteiger charge is 2.26. The van der Waals surface area contributed by atoms with E-state index in [1.54, 1.807) is 6.07 Å². The molecule has 1 aliphatic carbocycles. The van der Waals surface area contributed by atoms with Gasteiger partial charge in [0.2, 0.25) is 11.9 Å². The van der Waals surface area contributed by atoms with Crippen molar-refractivity contribution in [3.05, 3.63) is 65.5 Å². The standard InChI is InChI=1S/C29H36FN7O2/c1-20(38)32-19-23-18-27(35-39-23)22-11-12-28(25(30)17-22)36-13-15-37(16-14-36)29(31)34-33-26-10-6-5-9-24(26)21-7-3-2-4-8-21/h2-4,7-8,11-12,17,23-24H,5-6,9-10,13-16,18-19H2,1H3,(H2,31,34)(H,32,38)/b33-26+. The van der Waals surface area contributed by atoms with Crippen LogP contribution >= 0.6 is 0 Å². The van der Waals surface area contributed by atoms with Gasteiger partial charge in [-0.2, -0.15) is 5.10 Å². The Morgan fingerprint density at radius 2 is 1.95 bits per heavy atom. The van der Waals surface area contributed by atoms with Gasteiger partial charge in [-0.25, -0.2) is 4.39 Å². The molecule has 3 N–H and O–H groups in total. The molecule has 1 saturated carbocycles. The van der Waals surface area contributed by atoms with E-state index in [0.29, 0.717) is 68.0 Å². The summed E-state index contributed by atoms with van der Waals surface area (Å²) in [5, 5.41) is 15.8. The van der Waals surface area contributed by atoms with Crippen LogP contribution < -0.4 is 16.0 Å². The maximum atomic E-state index is 15.1. The van der Waals surface area contributed by atoms with Crippen molar-refractivity contribution in [2.45, 2.75) is 51.0 Å². The molecule has 2 unspecified atom stereocenters. The number of nitrogens with zero attached hydrogens (tertiary/aromatic N) is 5. The second-order valence-corrected chi connectivity index (χ2v) is 10.3. The molecule has 1 amide bonds. The minimum absolute atomic E-state index is 0.121. The third kappa shape index (κ3) is 6.55. The number of carbonyl (C=O) groups excluding carboxylic acids is 1. The summed E-state index contributed by atoms with van der Waals surface area (Å²) in [5.74, 6) is 0.281. The lowest BCUT2D eigenvalue weighted by Crippen LogP contribution is -2.51. The first-order chi connectivity index (χ1) is 19.0. The van der Waals surface area contributed by atoms with Gasteiger partial charge in [0.25, 0.3) is 0 Å². The highest BCUT2D eigenvalue weighted by atomic mass is 19.1. The van der Waals surface area contributed by atoms with Gasteiger partial charge < -0.3 is 25.7 Å². The van der Waals surface area contributed by atoms with Crippen molar-refractivity contribution in [2.24, 2.45) is 21.1 Å². The molecule has 5 rings (SSSR count). The first-order valence-electron chi connectivity index (χ1n) is 13.7. The SMILES string of the molecule is CC(=O)NCC1CC(c2ccc(N3CCN(/C(N)=N\N=C4/CCCCC4c4ccccc4)CC3)c(F)c2)=NO1. The van der Waals surface area contributed by atoms with Crippen molar-refractivity contribution in [1.29, 1.82) is 0 Å². The Kier molecular flexibility index (Phi) is 8.39. The summed E-state index contributed by atoms with van der Waals surface area (Å²) in [6.45, 7) is 4.35. The molecule has 0 spiro atoms. The lowest BCUT2D eigenvalue weighted by molar-refractivity contribution is -0.119. The Balaban J connectivity index is 1.17. The fourth-order valence-corrected chi connectivity index (χ4v) is 5.42. The van der Waals surface area contributed by atoms with Gasteiger partial charge in [-0.1, -0.05) is 48.0 Å². The highest BCUT2D eigenvalue weighted by molar-refractivity contribution is 6.01. The number of amides is 1. The van der Waals surface area contributed by atoms with Crippen LogP contribution in [0.2, 0.25) is 0 Å². The minimum atomic E-state index is -0.300. The maximum absolute atomic E-state index is 15.1. The predicted molar refractivity (Wildman–Crippen MR) is 152 cm³/mol. The molecule has 206 valence electrons. The summed E-state index contributed by atoms with van der Waals surface area (Å²) < 4.78 is 15.1. The number of anilines is 1. The van der Waals surface area contributed by atoms with E-state index in [-0.39, 0.29) is 17.8 Å². The van der Waals surface area contributed by atoms with E-state index in [9.17, 15) is 4.79 Å². The molecule has 2 aromatic carbocycles. The second-order valence-electron chi connectivity index (χ2n) is 10.3. The molecule has 9 nitrogen and oxygen atoms in total. The number of oxime groups is 1. The summed E-state index contributed by atoms with van der Waals surface area (Å²) in [5.41, 5.74) is 10.6. The van der Waals surface area contributed by atoms with Gasteiger partial charge in [0.15, 0.2) is 0 Å². The molecule has 1 saturated heterocycles. The largest absolute Gasteiger partial charge is 0.390 e. The van der Waals surface area contributed by atoms with E-state index in [4.69, 9.17) is 10.6 Å². The molecule has 2 atom stereocenters. The normalized spacial score (nSPS) is 23.0. The number of benzene rings is 2. The third-order valence-electron chi connectivity index (χ3n) is 7.60. The Hall–Kier alpha value is -3.95. The molecule has 2 fully saturated rings. The number of nitrogens with two attached hydrogens (primary N) is 1. The van der Waals surface area contributed by atoms with E-state index in [1.165, 1.54) is 25.0 Å². The Bertz CT molecular complexity index is 1260. The lowest BCUT2D eigenvalue weighted by atomic mass is 9.82. The van der Waals surface area contributed by atoms with Crippen LogP contribution in [0.3, 0.4) is 0 Å². The van der Waals surface area contributed by atoms with Crippen molar-refractivity contribution in [3.63, 3.8) is 0 Å². The maximum Gasteiger partial charge on any atom is 0.217 e. The van der Waals surface area contributed by atoms with Crippen LogP contribution in [0.1, 0.15) is 56.1 Å². The van der Waals surface area contributed by atoms with E-state index in [1.807, 2.05) is 21.9 Å². The van der Waals surface area contributed by atoms with Gasteiger partial charge in [-0.15, -0.1) is 5.10 Å². The first kappa shape index (κ1) is 26.6. The van der Waals surface area contributed by atoms with Crippen LogP contribution in [-0.4, -0.2) is 67.0 Å². The van der Waals surface area contributed by atoms with Gasteiger partial charge >= 0.3 is 0 Å². The zero-order valence-electron chi connectivity index (χ0n) is 22.4. The number of hydrogen-bond donors (Lipinski definition) is 2. The van der Waals surface area contributed by atoms with E-state index >= 15 is 4.39 Å². The molecule has 10 heteroatoms. The van der Waals surface area contributed by atoms with Crippen LogP contribution in [0.4, 0.5) is 10.1 Å². The monoisotopic (exact) mass is 533 g/mol. The summed E-state index contributed by atoms with van der Waals surface area (Å²) in [6.07, 6.45) is 4.62. The van der Waals surface area contributed by atoms with Gasteiger partial charge in [0, 0.05) is 56.7 Å². The molecular formula is C29H36FN7O2. The van der Waals surface area contributed by atoms with Gasteiger partial charge in [-0.3, -0.25) is 4.79 Å². The molecule has 2 heterocycles. The molecule has 2 aliphatic heterocycles. The Labute approximate surface area is 228 Å². The molecule has 2 aromatic rings. The molecule has 0 aromatic heterocycles. The molecule has 0 radical (unpaired) electrons. The van der Waals surface area contributed by atoms with Crippen LogP contribution in [0.15, 0.2) is 63.9 Å². The number of halogens is 1. The van der Waals surface area contributed by atoms with Crippen molar-refractivity contribution >= 4 is 29.0 Å². The summed E-state index contributed by atoms with van der Waals surface area (Å²) in [4.78, 5) is 20.5. The fourth-order valence-electron chi connectivity index (χ4n) is 5.42. The van der Waals surface area contributed by atoms with Crippen LogP contribution in [0.5, 0.6) is 0 Å². The smallest absolute Gasteiger partial charge is 0.217 e. The average molecular weight is 534 g/mol.